The minimum absolute atomic E-state index is 0.286. The van der Waals surface area contributed by atoms with Crippen molar-refractivity contribution in [3.05, 3.63) is 0 Å². The Morgan fingerprint density at radius 2 is 1.53 bits per heavy atom. The van der Waals surface area contributed by atoms with E-state index in [1.165, 1.54) is 20.8 Å². The van der Waals surface area contributed by atoms with Crippen LogP contribution >= 0.6 is 0 Å². The minimum Gasteiger partial charge on any atom is -0.294 e. The Balaban J connectivity index is 2.99. The maximum Gasteiger partial charge on any atom is 0.241 e. The van der Waals surface area contributed by atoms with Crippen LogP contribution in [0.4, 0.5) is 0 Å². The van der Waals surface area contributed by atoms with E-state index in [1.54, 1.807) is 0 Å². The third-order valence-corrected chi connectivity index (χ3v) is 4.52. The molecule has 0 atom stereocenters. The van der Waals surface area contributed by atoms with Gasteiger partial charge in [-0.15, -0.1) is 0 Å². The van der Waals surface area contributed by atoms with E-state index in [0.29, 0.717) is 0 Å². The van der Waals surface area contributed by atoms with Gasteiger partial charge in [0.15, 0.2) is 0 Å². The zero-order valence-electron chi connectivity index (χ0n) is 8.90. The summed E-state index contributed by atoms with van der Waals surface area (Å²) < 4.78 is 23.7. The van der Waals surface area contributed by atoms with Crippen LogP contribution in [0.3, 0.4) is 0 Å². The lowest BCUT2D eigenvalue weighted by molar-refractivity contribution is -0.134. The number of nitrogens with zero attached hydrogens (tertiary/aromatic N) is 1. The highest BCUT2D eigenvalue weighted by molar-refractivity contribution is 7.90. The normalized spacial score (nSPS) is 20.2. The lowest BCUT2D eigenvalue weighted by atomic mass is 10.3. The Kier molecular flexibility index (Phi) is 2.88. The Bertz CT molecular complexity index is 377. The summed E-state index contributed by atoms with van der Waals surface area (Å²) in [5.74, 6) is -1.17. The SMILES string of the molecule is CC(C)(C)S(=O)(=O)N1CC(=O)NC(=O)C1. The zero-order chi connectivity index (χ0) is 11.9. The van der Waals surface area contributed by atoms with Gasteiger partial charge in [-0.3, -0.25) is 14.9 Å². The van der Waals surface area contributed by atoms with E-state index in [4.69, 9.17) is 0 Å². The maximum absolute atomic E-state index is 11.9. The molecule has 1 rings (SSSR count). The first-order chi connectivity index (χ1) is 6.64. The zero-order valence-corrected chi connectivity index (χ0v) is 9.72. The predicted octanol–water partition coefficient (Wildman–Crippen LogP) is -0.927. The number of hydrogen-bond acceptors (Lipinski definition) is 4. The van der Waals surface area contributed by atoms with Crippen LogP contribution in [0.15, 0.2) is 0 Å². The van der Waals surface area contributed by atoms with E-state index in [2.05, 4.69) is 0 Å². The van der Waals surface area contributed by atoms with Crippen molar-refractivity contribution >= 4 is 21.8 Å². The summed E-state index contributed by atoms with van der Waals surface area (Å²) in [6, 6.07) is 0. The molecule has 0 unspecified atom stereocenters. The Morgan fingerprint density at radius 3 is 1.87 bits per heavy atom. The summed E-state index contributed by atoms with van der Waals surface area (Å²) in [4.78, 5) is 22.0. The number of rotatable bonds is 1. The molecule has 6 nitrogen and oxygen atoms in total. The molecule has 0 aromatic heterocycles. The van der Waals surface area contributed by atoms with Gasteiger partial charge in [0.05, 0.1) is 17.8 Å². The molecule has 1 aliphatic rings. The van der Waals surface area contributed by atoms with Gasteiger partial charge in [-0.1, -0.05) is 0 Å². The number of sulfonamides is 1. The molecule has 0 bridgehead atoms. The molecule has 15 heavy (non-hydrogen) atoms. The fraction of sp³-hybridized carbons (Fsp3) is 0.750. The first-order valence-corrected chi connectivity index (χ1v) is 5.91. The van der Waals surface area contributed by atoms with Crippen molar-refractivity contribution in [1.82, 2.24) is 9.62 Å². The van der Waals surface area contributed by atoms with Gasteiger partial charge < -0.3 is 0 Å². The average Bonchev–Trinajstić information content (AvgIpc) is 1.99. The van der Waals surface area contributed by atoms with Gasteiger partial charge >= 0.3 is 0 Å². The molecule has 1 saturated heterocycles. The van der Waals surface area contributed by atoms with Crippen LogP contribution in [0.25, 0.3) is 0 Å². The Labute approximate surface area is 88.7 Å². The number of carbonyl (C=O) groups is 2. The van der Waals surface area contributed by atoms with Gasteiger partial charge in [-0.2, -0.15) is 4.31 Å². The largest absolute Gasteiger partial charge is 0.294 e. The van der Waals surface area contributed by atoms with Crippen LogP contribution in [0.1, 0.15) is 20.8 Å². The quantitative estimate of drug-likeness (QED) is 0.594. The second kappa shape index (κ2) is 3.57. The van der Waals surface area contributed by atoms with Crippen molar-refractivity contribution < 1.29 is 18.0 Å². The van der Waals surface area contributed by atoms with Gasteiger partial charge in [-0.05, 0) is 20.8 Å². The summed E-state index contributed by atoms with van der Waals surface area (Å²) in [6.07, 6.45) is 0. The molecule has 0 radical (unpaired) electrons. The van der Waals surface area contributed by atoms with Gasteiger partial charge in [0.1, 0.15) is 0 Å². The molecule has 2 amide bonds. The van der Waals surface area contributed by atoms with E-state index >= 15 is 0 Å². The van der Waals surface area contributed by atoms with Crippen molar-refractivity contribution in [2.75, 3.05) is 13.1 Å². The number of imide groups is 1. The molecule has 1 N–H and O–H groups in total. The van der Waals surface area contributed by atoms with E-state index in [-0.39, 0.29) is 13.1 Å². The second-order valence-electron chi connectivity index (χ2n) is 4.36. The molecule has 1 fully saturated rings. The summed E-state index contributed by atoms with van der Waals surface area (Å²) in [7, 11) is -3.61. The third-order valence-electron chi connectivity index (χ3n) is 2.03. The molecule has 0 aromatic carbocycles. The molecule has 0 aromatic rings. The highest BCUT2D eigenvalue weighted by Gasteiger charge is 2.39. The standard InChI is InChI=1S/C8H14N2O4S/c1-8(2,3)15(13,14)10-4-6(11)9-7(12)5-10/h4-5H2,1-3H3,(H,9,11,12). The minimum atomic E-state index is -3.61. The molecular weight excluding hydrogens is 220 g/mol. The average molecular weight is 234 g/mol. The lowest BCUT2D eigenvalue weighted by Crippen LogP contribution is -2.56. The monoisotopic (exact) mass is 234 g/mol. The van der Waals surface area contributed by atoms with Crippen molar-refractivity contribution in [3.8, 4) is 0 Å². The van der Waals surface area contributed by atoms with Crippen LogP contribution in [-0.4, -0.2) is 42.4 Å². The van der Waals surface area contributed by atoms with E-state index < -0.39 is 26.6 Å². The van der Waals surface area contributed by atoms with Crippen LogP contribution in [0.2, 0.25) is 0 Å². The predicted molar refractivity (Wildman–Crippen MR) is 53.4 cm³/mol. The van der Waals surface area contributed by atoms with Gasteiger partial charge in [-0.25, -0.2) is 8.42 Å². The van der Waals surface area contributed by atoms with Crippen LogP contribution in [0, 0.1) is 0 Å². The van der Waals surface area contributed by atoms with Crippen molar-refractivity contribution in [1.29, 1.82) is 0 Å². The van der Waals surface area contributed by atoms with Crippen LogP contribution in [0.5, 0.6) is 0 Å². The molecule has 0 spiro atoms. The first-order valence-electron chi connectivity index (χ1n) is 4.47. The topological polar surface area (TPSA) is 83.6 Å². The summed E-state index contributed by atoms with van der Waals surface area (Å²) in [5, 5.41) is 2.05. The van der Waals surface area contributed by atoms with Gasteiger partial charge in [0, 0.05) is 0 Å². The van der Waals surface area contributed by atoms with Crippen molar-refractivity contribution in [3.63, 3.8) is 0 Å². The molecule has 0 aliphatic carbocycles. The van der Waals surface area contributed by atoms with Crippen LogP contribution < -0.4 is 5.32 Å². The summed E-state index contributed by atoms with van der Waals surface area (Å²) >= 11 is 0. The molecule has 1 heterocycles. The van der Waals surface area contributed by atoms with Crippen molar-refractivity contribution in [2.24, 2.45) is 0 Å². The number of nitrogens with one attached hydrogen (secondary N) is 1. The van der Waals surface area contributed by atoms with E-state index in [9.17, 15) is 18.0 Å². The van der Waals surface area contributed by atoms with E-state index in [0.717, 1.165) is 4.31 Å². The Hall–Kier alpha value is -0.950. The number of hydrogen-bond donors (Lipinski definition) is 1. The highest BCUT2D eigenvalue weighted by atomic mass is 32.2. The highest BCUT2D eigenvalue weighted by Crippen LogP contribution is 2.20. The van der Waals surface area contributed by atoms with Crippen molar-refractivity contribution in [2.45, 2.75) is 25.5 Å². The number of carbonyl (C=O) groups excluding carboxylic acids is 2. The fourth-order valence-electron chi connectivity index (χ4n) is 1.17. The molecule has 1 aliphatic heterocycles. The third kappa shape index (κ3) is 2.35. The molecule has 0 saturated carbocycles. The molecule has 7 heteroatoms. The van der Waals surface area contributed by atoms with Gasteiger partial charge in [0.25, 0.3) is 0 Å². The second-order valence-corrected chi connectivity index (χ2v) is 7.05. The summed E-state index contributed by atoms with van der Waals surface area (Å²) in [6.45, 7) is 4.01. The fourth-order valence-corrected chi connectivity index (χ4v) is 2.52. The lowest BCUT2D eigenvalue weighted by Gasteiger charge is -2.31. The number of amides is 2. The molecule has 86 valence electrons. The maximum atomic E-state index is 11.9. The van der Waals surface area contributed by atoms with Crippen LogP contribution in [-0.2, 0) is 19.6 Å². The van der Waals surface area contributed by atoms with E-state index in [1.807, 2.05) is 5.32 Å². The number of piperazine rings is 1. The Morgan fingerprint density at radius 1 is 1.13 bits per heavy atom. The molecular formula is C8H14N2O4S. The van der Waals surface area contributed by atoms with Gasteiger partial charge in [0.2, 0.25) is 21.8 Å². The first kappa shape index (κ1) is 12.1. The smallest absolute Gasteiger partial charge is 0.241 e. The summed E-state index contributed by atoms with van der Waals surface area (Å²) in [5.41, 5.74) is 0.